The molecule has 0 fully saturated rings. The van der Waals surface area contributed by atoms with Gasteiger partial charge in [0.2, 0.25) is 0 Å². The first-order valence-corrected chi connectivity index (χ1v) is 5.76. The Hall–Kier alpha value is -1.35. The van der Waals surface area contributed by atoms with Crippen LogP contribution in [0.5, 0.6) is 0 Å². The molecule has 1 rings (SSSR count). The first kappa shape index (κ1) is 13.7. The van der Waals surface area contributed by atoms with Crippen molar-refractivity contribution in [2.45, 2.75) is 46.1 Å². The molecule has 0 saturated heterocycles. The van der Waals surface area contributed by atoms with E-state index < -0.39 is 11.6 Å². The third kappa shape index (κ3) is 3.30. The number of hydrogen-bond donors (Lipinski definition) is 2. The molecule has 3 nitrogen and oxygen atoms in total. The lowest BCUT2D eigenvalue weighted by Crippen LogP contribution is -2.35. The summed E-state index contributed by atoms with van der Waals surface area (Å²) in [6, 6.07) is 4.16. The average molecular weight is 236 g/mol. The molecule has 1 aromatic rings. The van der Waals surface area contributed by atoms with Crippen LogP contribution in [0.15, 0.2) is 12.1 Å². The molecule has 0 aromatic heterocycles. The molecule has 0 aliphatic carbocycles. The summed E-state index contributed by atoms with van der Waals surface area (Å²) in [5.41, 5.74) is 3.00. The maximum absolute atomic E-state index is 10.8. The zero-order valence-electron chi connectivity index (χ0n) is 10.9. The molecule has 0 bridgehead atoms. The van der Waals surface area contributed by atoms with Gasteiger partial charge in [0.15, 0.2) is 5.60 Å². The highest BCUT2D eigenvalue weighted by molar-refractivity contribution is 5.76. The molecule has 0 spiro atoms. The van der Waals surface area contributed by atoms with E-state index in [9.17, 15) is 9.90 Å². The number of benzene rings is 1. The smallest absolute Gasteiger partial charge is 0.335 e. The van der Waals surface area contributed by atoms with E-state index in [4.69, 9.17) is 5.11 Å². The van der Waals surface area contributed by atoms with Crippen LogP contribution < -0.4 is 0 Å². The molecule has 1 aromatic carbocycles. The minimum atomic E-state index is -1.65. The fourth-order valence-corrected chi connectivity index (χ4v) is 2.08. The second-order valence-electron chi connectivity index (χ2n) is 4.96. The van der Waals surface area contributed by atoms with Crippen LogP contribution in [0, 0.1) is 20.8 Å². The summed E-state index contributed by atoms with van der Waals surface area (Å²) in [4.78, 5) is 10.8. The molecule has 94 valence electrons. The topological polar surface area (TPSA) is 57.5 Å². The Labute approximate surface area is 102 Å². The fourth-order valence-electron chi connectivity index (χ4n) is 2.08. The Kier molecular flexibility index (Phi) is 3.94. The summed E-state index contributed by atoms with van der Waals surface area (Å²) >= 11 is 0. The Balaban J connectivity index is 2.87. The Bertz CT molecular complexity index is 410. The van der Waals surface area contributed by atoms with E-state index in [-0.39, 0.29) is 6.42 Å². The van der Waals surface area contributed by atoms with E-state index in [0.717, 1.165) is 16.7 Å². The number of aliphatic hydroxyl groups is 1. The number of rotatable bonds is 4. The molecule has 1 unspecified atom stereocenters. The van der Waals surface area contributed by atoms with Crippen molar-refractivity contribution in [3.05, 3.63) is 34.4 Å². The highest BCUT2D eigenvalue weighted by Crippen LogP contribution is 2.21. The van der Waals surface area contributed by atoms with Gasteiger partial charge in [-0.05, 0) is 57.2 Å². The van der Waals surface area contributed by atoms with E-state index in [0.29, 0.717) is 6.42 Å². The summed E-state index contributed by atoms with van der Waals surface area (Å²) in [5.74, 6) is -1.17. The average Bonchev–Trinajstić information content (AvgIpc) is 2.15. The summed E-state index contributed by atoms with van der Waals surface area (Å²) in [6.45, 7) is 7.42. The van der Waals surface area contributed by atoms with Crippen molar-refractivity contribution in [3.8, 4) is 0 Å². The maximum atomic E-state index is 10.8. The van der Waals surface area contributed by atoms with Crippen LogP contribution in [-0.2, 0) is 11.2 Å². The molecule has 17 heavy (non-hydrogen) atoms. The van der Waals surface area contributed by atoms with E-state index in [2.05, 4.69) is 12.1 Å². The molecule has 0 aliphatic rings. The van der Waals surface area contributed by atoms with Crippen LogP contribution in [0.4, 0.5) is 0 Å². The molecule has 0 heterocycles. The van der Waals surface area contributed by atoms with Gasteiger partial charge in [-0.2, -0.15) is 0 Å². The number of carboxylic acids is 1. The van der Waals surface area contributed by atoms with Crippen LogP contribution in [0.2, 0.25) is 0 Å². The standard InChI is InChI=1S/C14H20O3/c1-9-7-10(2)12(11(3)8-9)5-6-14(4,17)13(15)16/h7-8,17H,5-6H2,1-4H3,(H,15,16). The lowest BCUT2D eigenvalue weighted by molar-refractivity contribution is -0.157. The quantitative estimate of drug-likeness (QED) is 0.843. The minimum absolute atomic E-state index is 0.229. The minimum Gasteiger partial charge on any atom is -0.479 e. The van der Waals surface area contributed by atoms with Crippen molar-refractivity contribution in [3.63, 3.8) is 0 Å². The second-order valence-corrected chi connectivity index (χ2v) is 4.96. The Morgan fingerprint density at radius 3 is 2.12 bits per heavy atom. The van der Waals surface area contributed by atoms with Gasteiger partial charge in [0.05, 0.1) is 0 Å². The van der Waals surface area contributed by atoms with Crippen molar-refractivity contribution in [2.24, 2.45) is 0 Å². The number of aryl methyl sites for hydroxylation is 3. The summed E-state index contributed by atoms with van der Waals surface area (Å²) in [7, 11) is 0. The zero-order valence-corrected chi connectivity index (χ0v) is 10.9. The molecule has 0 radical (unpaired) electrons. The van der Waals surface area contributed by atoms with Crippen LogP contribution in [0.25, 0.3) is 0 Å². The predicted molar refractivity (Wildman–Crippen MR) is 67.2 cm³/mol. The van der Waals surface area contributed by atoms with Gasteiger partial charge >= 0.3 is 5.97 Å². The molecular weight excluding hydrogens is 216 g/mol. The highest BCUT2D eigenvalue weighted by Gasteiger charge is 2.29. The van der Waals surface area contributed by atoms with E-state index in [1.54, 1.807) is 0 Å². The van der Waals surface area contributed by atoms with Crippen molar-refractivity contribution in [1.29, 1.82) is 0 Å². The van der Waals surface area contributed by atoms with Crippen LogP contribution in [0.1, 0.15) is 35.6 Å². The van der Waals surface area contributed by atoms with Crippen molar-refractivity contribution in [1.82, 2.24) is 0 Å². The third-order valence-corrected chi connectivity index (χ3v) is 3.16. The van der Waals surface area contributed by atoms with Crippen molar-refractivity contribution >= 4 is 5.97 Å². The van der Waals surface area contributed by atoms with Gasteiger partial charge in [-0.3, -0.25) is 0 Å². The zero-order chi connectivity index (χ0) is 13.2. The number of hydrogen-bond acceptors (Lipinski definition) is 2. The van der Waals surface area contributed by atoms with Crippen molar-refractivity contribution < 1.29 is 15.0 Å². The summed E-state index contributed by atoms with van der Waals surface area (Å²) < 4.78 is 0. The molecule has 0 aliphatic heterocycles. The molecule has 0 amide bonds. The van der Waals surface area contributed by atoms with E-state index in [1.165, 1.54) is 12.5 Å². The van der Waals surface area contributed by atoms with Gasteiger partial charge in [-0.25, -0.2) is 4.79 Å². The first-order valence-electron chi connectivity index (χ1n) is 5.76. The largest absolute Gasteiger partial charge is 0.479 e. The van der Waals surface area contributed by atoms with Gasteiger partial charge in [0, 0.05) is 0 Å². The molecule has 1 atom stereocenters. The number of carbonyl (C=O) groups is 1. The third-order valence-electron chi connectivity index (χ3n) is 3.16. The predicted octanol–water partition coefficient (Wildman–Crippen LogP) is 2.38. The van der Waals surface area contributed by atoms with Gasteiger partial charge in [0.1, 0.15) is 0 Å². The molecule has 0 saturated carbocycles. The number of aliphatic carboxylic acids is 1. The van der Waals surface area contributed by atoms with Gasteiger partial charge < -0.3 is 10.2 Å². The first-order chi connectivity index (χ1) is 7.74. The van der Waals surface area contributed by atoms with Crippen LogP contribution in [-0.4, -0.2) is 21.8 Å². The van der Waals surface area contributed by atoms with Crippen LogP contribution >= 0.6 is 0 Å². The van der Waals surface area contributed by atoms with E-state index in [1.807, 2.05) is 20.8 Å². The second kappa shape index (κ2) is 4.88. The molecule has 2 N–H and O–H groups in total. The van der Waals surface area contributed by atoms with E-state index >= 15 is 0 Å². The molecule has 3 heteroatoms. The lowest BCUT2D eigenvalue weighted by Gasteiger charge is -2.19. The Morgan fingerprint density at radius 2 is 1.71 bits per heavy atom. The number of carboxylic acid groups (broad SMARTS) is 1. The Morgan fingerprint density at radius 1 is 1.24 bits per heavy atom. The van der Waals surface area contributed by atoms with Crippen molar-refractivity contribution in [2.75, 3.05) is 0 Å². The fraction of sp³-hybridized carbons (Fsp3) is 0.500. The monoisotopic (exact) mass is 236 g/mol. The lowest BCUT2D eigenvalue weighted by atomic mass is 9.91. The van der Waals surface area contributed by atoms with Gasteiger partial charge in [-0.15, -0.1) is 0 Å². The van der Waals surface area contributed by atoms with Crippen LogP contribution in [0.3, 0.4) is 0 Å². The SMILES string of the molecule is Cc1cc(C)c(CCC(C)(O)C(=O)O)c(C)c1. The molecular formula is C14H20O3. The summed E-state index contributed by atoms with van der Waals surface area (Å²) in [6.07, 6.45) is 0.810. The summed E-state index contributed by atoms with van der Waals surface area (Å²) in [5, 5.41) is 18.5. The highest BCUT2D eigenvalue weighted by atomic mass is 16.4. The van der Waals surface area contributed by atoms with Gasteiger partial charge in [0.25, 0.3) is 0 Å². The van der Waals surface area contributed by atoms with Gasteiger partial charge in [-0.1, -0.05) is 17.7 Å². The normalized spacial score (nSPS) is 14.4. The maximum Gasteiger partial charge on any atom is 0.335 e.